The van der Waals surface area contributed by atoms with Crippen molar-refractivity contribution in [3.8, 4) is 0 Å². The molecule has 0 radical (unpaired) electrons. The molecular weight excluding hydrogens is 239 g/mol. The van der Waals surface area contributed by atoms with Crippen molar-refractivity contribution in [2.24, 2.45) is 0 Å². The molecule has 0 saturated heterocycles. The van der Waals surface area contributed by atoms with E-state index < -0.39 is 17.5 Å². The number of hydrogen-bond donors (Lipinski definition) is 1. The normalized spacial score (nSPS) is 13.8. The van der Waals surface area contributed by atoms with Gasteiger partial charge in [0.1, 0.15) is 12.4 Å². The molecule has 0 bridgehead atoms. The highest BCUT2D eigenvalue weighted by molar-refractivity contribution is 6.52. The highest BCUT2D eigenvalue weighted by Crippen LogP contribution is 2.29. The maximum absolute atomic E-state index is 13.0. The minimum Gasteiger partial charge on any atom is -0.355 e. The molecule has 1 aromatic carbocycles. The average molecular weight is 250 g/mol. The van der Waals surface area contributed by atoms with Crippen molar-refractivity contribution in [3.63, 3.8) is 0 Å². The summed E-state index contributed by atoms with van der Waals surface area (Å²) in [5.41, 5.74) is 0.280. The van der Waals surface area contributed by atoms with Gasteiger partial charge in [-0.3, -0.25) is 19.3 Å². The molecule has 0 fully saturated rings. The molecule has 2 rings (SSSR count). The molecular formula is C12H11FN2O3. The number of amides is 2. The summed E-state index contributed by atoms with van der Waals surface area (Å²) in [7, 11) is 0. The van der Waals surface area contributed by atoms with Crippen molar-refractivity contribution >= 4 is 23.3 Å². The number of halogens is 1. The highest BCUT2D eigenvalue weighted by Gasteiger charge is 2.36. The Labute approximate surface area is 103 Å². The smallest absolute Gasteiger partial charge is 0.299 e. The van der Waals surface area contributed by atoms with E-state index in [1.807, 2.05) is 0 Å². The van der Waals surface area contributed by atoms with Crippen molar-refractivity contribution in [2.75, 3.05) is 18.0 Å². The van der Waals surface area contributed by atoms with Crippen LogP contribution in [0.15, 0.2) is 18.2 Å². The first-order chi connectivity index (χ1) is 8.54. The molecule has 1 aromatic rings. The molecule has 1 N–H and O–H groups in total. The Hall–Kier alpha value is -2.24. The number of hydrogen-bond acceptors (Lipinski definition) is 3. The molecule has 0 aliphatic carbocycles. The Morgan fingerprint density at radius 3 is 2.78 bits per heavy atom. The van der Waals surface area contributed by atoms with Crippen molar-refractivity contribution in [1.29, 1.82) is 0 Å². The second-order valence-electron chi connectivity index (χ2n) is 3.84. The Balaban J connectivity index is 2.31. The van der Waals surface area contributed by atoms with Gasteiger partial charge < -0.3 is 5.32 Å². The largest absolute Gasteiger partial charge is 0.355 e. The summed E-state index contributed by atoms with van der Waals surface area (Å²) >= 11 is 0. The third-order valence-corrected chi connectivity index (χ3v) is 2.61. The summed E-state index contributed by atoms with van der Waals surface area (Å²) in [6.45, 7) is 1.94. The van der Waals surface area contributed by atoms with E-state index in [4.69, 9.17) is 0 Å². The number of carbonyl (C=O) groups excluding carboxylic acids is 3. The van der Waals surface area contributed by atoms with Crippen LogP contribution in [0.4, 0.5) is 10.1 Å². The minimum atomic E-state index is -0.804. The summed E-state index contributed by atoms with van der Waals surface area (Å²) < 4.78 is 13.0. The lowest BCUT2D eigenvalue weighted by Crippen LogP contribution is -2.40. The second kappa shape index (κ2) is 4.56. The molecule has 6 heteroatoms. The molecule has 0 aromatic heterocycles. The van der Waals surface area contributed by atoms with E-state index >= 15 is 0 Å². The van der Waals surface area contributed by atoms with Crippen molar-refractivity contribution < 1.29 is 18.8 Å². The first kappa shape index (κ1) is 12.2. The molecule has 1 aliphatic heterocycles. The number of carbonyl (C=O) groups is 3. The van der Waals surface area contributed by atoms with Crippen LogP contribution >= 0.6 is 0 Å². The van der Waals surface area contributed by atoms with Crippen LogP contribution in [0.1, 0.15) is 17.3 Å². The summed E-state index contributed by atoms with van der Waals surface area (Å²) in [6, 6.07) is 3.48. The lowest BCUT2D eigenvalue weighted by molar-refractivity contribution is -0.122. The fraction of sp³-hybridized carbons (Fsp3) is 0.250. The summed E-state index contributed by atoms with van der Waals surface area (Å²) in [6.07, 6.45) is 0. The van der Waals surface area contributed by atoms with Gasteiger partial charge in [0.25, 0.3) is 11.7 Å². The van der Waals surface area contributed by atoms with Gasteiger partial charge in [0.15, 0.2) is 0 Å². The number of likely N-dealkylation sites (N-methyl/N-ethyl adjacent to an activating group) is 1. The van der Waals surface area contributed by atoms with Gasteiger partial charge in [-0.2, -0.15) is 0 Å². The van der Waals surface area contributed by atoms with E-state index in [-0.39, 0.29) is 23.7 Å². The first-order valence-corrected chi connectivity index (χ1v) is 5.47. The predicted octanol–water partition coefficient (Wildman–Crippen LogP) is 0.491. The number of benzene rings is 1. The fourth-order valence-corrected chi connectivity index (χ4v) is 1.83. The Morgan fingerprint density at radius 1 is 1.39 bits per heavy atom. The summed E-state index contributed by atoms with van der Waals surface area (Å²) in [5.74, 6) is -2.54. The van der Waals surface area contributed by atoms with Crippen LogP contribution in [0.25, 0.3) is 0 Å². The Bertz CT molecular complexity index is 542. The molecule has 1 heterocycles. The van der Waals surface area contributed by atoms with E-state index in [0.717, 1.165) is 17.0 Å². The van der Waals surface area contributed by atoms with Crippen molar-refractivity contribution in [1.82, 2.24) is 5.32 Å². The fourth-order valence-electron chi connectivity index (χ4n) is 1.83. The van der Waals surface area contributed by atoms with Crippen LogP contribution in [-0.2, 0) is 9.59 Å². The Morgan fingerprint density at radius 2 is 2.11 bits per heavy atom. The summed E-state index contributed by atoms with van der Waals surface area (Å²) in [5, 5.41) is 2.53. The standard InChI is InChI=1S/C12H11FN2O3/c1-2-14-10(16)6-15-9-4-3-7(13)5-8(9)11(17)12(15)18/h3-5H,2,6H2,1H3,(H,14,16). The zero-order valence-corrected chi connectivity index (χ0v) is 9.70. The van der Waals surface area contributed by atoms with Gasteiger partial charge in [-0.1, -0.05) is 0 Å². The molecule has 0 atom stereocenters. The van der Waals surface area contributed by atoms with E-state index in [1.165, 1.54) is 6.07 Å². The number of anilines is 1. The molecule has 0 saturated carbocycles. The van der Waals surface area contributed by atoms with Gasteiger partial charge in [-0.05, 0) is 25.1 Å². The lowest BCUT2D eigenvalue weighted by atomic mass is 10.1. The van der Waals surface area contributed by atoms with Crippen LogP contribution in [0.3, 0.4) is 0 Å². The number of ketones is 1. The molecule has 0 spiro atoms. The van der Waals surface area contributed by atoms with E-state index in [2.05, 4.69) is 5.32 Å². The number of rotatable bonds is 3. The minimum absolute atomic E-state index is 0.00398. The van der Waals surface area contributed by atoms with Crippen LogP contribution in [-0.4, -0.2) is 30.7 Å². The van der Waals surface area contributed by atoms with E-state index in [9.17, 15) is 18.8 Å². The number of nitrogens with zero attached hydrogens (tertiary/aromatic N) is 1. The lowest BCUT2D eigenvalue weighted by Gasteiger charge is -2.15. The van der Waals surface area contributed by atoms with Crippen LogP contribution < -0.4 is 10.2 Å². The highest BCUT2D eigenvalue weighted by atomic mass is 19.1. The van der Waals surface area contributed by atoms with Crippen LogP contribution in [0.2, 0.25) is 0 Å². The van der Waals surface area contributed by atoms with Gasteiger partial charge in [0.2, 0.25) is 5.91 Å². The van der Waals surface area contributed by atoms with Crippen molar-refractivity contribution in [3.05, 3.63) is 29.6 Å². The first-order valence-electron chi connectivity index (χ1n) is 5.47. The zero-order chi connectivity index (χ0) is 13.3. The maximum atomic E-state index is 13.0. The second-order valence-corrected chi connectivity index (χ2v) is 3.84. The predicted molar refractivity (Wildman–Crippen MR) is 61.8 cm³/mol. The zero-order valence-electron chi connectivity index (χ0n) is 9.70. The number of Topliss-reactive ketones (excluding diaryl/α,β-unsaturated/α-hetero) is 1. The molecule has 18 heavy (non-hydrogen) atoms. The molecule has 94 valence electrons. The average Bonchev–Trinajstić information content (AvgIpc) is 2.55. The quantitative estimate of drug-likeness (QED) is 0.794. The van der Waals surface area contributed by atoms with Gasteiger partial charge in [0, 0.05) is 6.54 Å². The number of nitrogens with one attached hydrogen (secondary N) is 1. The van der Waals surface area contributed by atoms with Crippen LogP contribution in [0.5, 0.6) is 0 Å². The van der Waals surface area contributed by atoms with Crippen LogP contribution in [0, 0.1) is 5.82 Å². The van der Waals surface area contributed by atoms with Crippen molar-refractivity contribution in [2.45, 2.75) is 6.92 Å². The molecule has 2 amide bonds. The molecule has 0 unspecified atom stereocenters. The molecule has 1 aliphatic rings. The summed E-state index contributed by atoms with van der Waals surface area (Å²) in [4.78, 5) is 35.8. The Kier molecular flexibility index (Phi) is 3.10. The maximum Gasteiger partial charge on any atom is 0.299 e. The third kappa shape index (κ3) is 1.97. The topological polar surface area (TPSA) is 66.5 Å². The monoisotopic (exact) mass is 250 g/mol. The van der Waals surface area contributed by atoms with Gasteiger partial charge in [-0.25, -0.2) is 4.39 Å². The third-order valence-electron chi connectivity index (χ3n) is 2.61. The van der Waals surface area contributed by atoms with E-state index in [1.54, 1.807) is 6.92 Å². The number of fused-ring (bicyclic) bond motifs is 1. The molecule has 5 nitrogen and oxygen atoms in total. The SMILES string of the molecule is CCNC(=O)CN1C(=O)C(=O)c2cc(F)ccc21. The van der Waals surface area contributed by atoms with Gasteiger partial charge in [-0.15, -0.1) is 0 Å². The van der Waals surface area contributed by atoms with Gasteiger partial charge in [0.05, 0.1) is 11.3 Å². The van der Waals surface area contributed by atoms with Gasteiger partial charge >= 0.3 is 0 Å². The van der Waals surface area contributed by atoms with E-state index in [0.29, 0.717) is 6.54 Å².